The highest BCUT2D eigenvalue weighted by atomic mass is 32.2. The van der Waals surface area contributed by atoms with E-state index in [9.17, 15) is 8.42 Å². The Morgan fingerprint density at radius 3 is 2.89 bits per heavy atom. The molecule has 2 saturated heterocycles. The Bertz CT molecular complexity index is 367. The minimum Gasteiger partial charge on any atom is -0.314 e. The average molecular weight is 306 g/mol. The predicted octanol–water partition coefficient (Wildman–Crippen LogP) is 1.33. The Labute approximate surface area is 121 Å². The van der Waals surface area contributed by atoms with Gasteiger partial charge in [0.2, 0.25) is 0 Å². The SMILES string of the molecule is CCS(=O)(=O)C1CSCCN1CCC1CCCCN1. The van der Waals surface area contributed by atoms with Crippen LogP contribution >= 0.6 is 11.8 Å². The van der Waals surface area contributed by atoms with Crippen LogP contribution in [-0.2, 0) is 9.84 Å². The van der Waals surface area contributed by atoms with Gasteiger partial charge in [-0.2, -0.15) is 11.8 Å². The monoisotopic (exact) mass is 306 g/mol. The first-order valence-electron chi connectivity index (χ1n) is 7.40. The summed E-state index contributed by atoms with van der Waals surface area (Å²) in [6.45, 7) is 4.72. The minimum absolute atomic E-state index is 0.250. The maximum atomic E-state index is 12.1. The highest BCUT2D eigenvalue weighted by molar-refractivity contribution is 8.01. The van der Waals surface area contributed by atoms with Gasteiger partial charge in [0.25, 0.3) is 0 Å². The van der Waals surface area contributed by atoms with Crippen LogP contribution in [0.25, 0.3) is 0 Å². The van der Waals surface area contributed by atoms with E-state index >= 15 is 0 Å². The summed E-state index contributed by atoms with van der Waals surface area (Å²) < 4.78 is 24.3. The lowest BCUT2D eigenvalue weighted by Gasteiger charge is -2.36. The summed E-state index contributed by atoms with van der Waals surface area (Å²) in [7, 11) is -2.94. The van der Waals surface area contributed by atoms with Crippen LogP contribution in [0.1, 0.15) is 32.6 Å². The molecule has 2 heterocycles. The lowest BCUT2D eigenvalue weighted by Crippen LogP contribution is -2.49. The van der Waals surface area contributed by atoms with E-state index in [2.05, 4.69) is 10.2 Å². The van der Waals surface area contributed by atoms with Crippen LogP contribution in [0.3, 0.4) is 0 Å². The molecule has 2 atom stereocenters. The van der Waals surface area contributed by atoms with Crippen molar-refractivity contribution >= 4 is 21.6 Å². The number of hydrogen-bond acceptors (Lipinski definition) is 5. The van der Waals surface area contributed by atoms with Crippen LogP contribution in [0.4, 0.5) is 0 Å². The molecule has 0 saturated carbocycles. The third-order valence-corrected chi connectivity index (χ3v) is 7.52. The van der Waals surface area contributed by atoms with Gasteiger partial charge in [-0.05, 0) is 25.8 Å². The Balaban J connectivity index is 1.88. The van der Waals surface area contributed by atoms with E-state index in [1.54, 1.807) is 18.7 Å². The molecule has 2 aliphatic rings. The topological polar surface area (TPSA) is 49.4 Å². The first-order valence-corrected chi connectivity index (χ1v) is 10.3. The summed E-state index contributed by atoms with van der Waals surface area (Å²) in [6.07, 6.45) is 4.92. The Hall–Kier alpha value is 0.220. The second-order valence-electron chi connectivity index (χ2n) is 5.45. The molecule has 0 aromatic heterocycles. The molecule has 2 rings (SSSR count). The van der Waals surface area contributed by atoms with E-state index in [0.717, 1.165) is 37.6 Å². The van der Waals surface area contributed by atoms with Crippen molar-refractivity contribution in [2.75, 3.05) is 36.9 Å². The minimum atomic E-state index is -2.94. The Morgan fingerprint density at radius 1 is 1.37 bits per heavy atom. The lowest BCUT2D eigenvalue weighted by atomic mass is 10.0. The van der Waals surface area contributed by atoms with E-state index < -0.39 is 9.84 Å². The number of piperidine rings is 1. The first-order chi connectivity index (χ1) is 9.13. The van der Waals surface area contributed by atoms with Crippen molar-refractivity contribution in [3.63, 3.8) is 0 Å². The second-order valence-corrected chi connectivity index (χ2v) is 9.05. The molecule has 0 amide bonds. The third-order valence-electron chi connectivity index (χ3n) is 4.18. The Morgan fingerprint density at radius 2 is 2.21 bits per heavy atom. The van der Waals surface area contributed by atoms with Gasteiger partial charge in [0.15, 0.2) is 9.84 Å². The average Bonchev–Trinajstić information content (AvgIpc) is 2.46. The van der Waals surface area contributed by atoms with Crippen LogP contribution in [0.5, 0.6) is 0 Å². The quantitative estimate of drug-likeness (QED) is 0.830. The zero-order valence-corrected chi connectivity index (χ0v) is 13.4. The van der Waals surface area contributed by atoms with Crippen molar-refractivity contribution in [2.45, 2.75) is 44.0 Å². The molecule has 0 aromatic rings. The van der Waals surface area contributed by atoms with Crippen LogP contribution in [0.2, 0.25) is 0 Å². The van der Waals surface area contributed by atoms with Crippen LogP contribution in [-0.4, -0.2) is 61.6 Å². The molecule has 2 unspecified atom stereocenters. The molecular weight excluding hydrogens is 280 g/mol. The van der Waals surface area contributed by atoms with Crippen molar-refractivity contribution in [1.82, 2.24) is 10.2 Å². The molecule has 19 heavy (non-hydrogen) atoms. The Kier molecular flexibility index (Phi) is 5.99. The van der Waals surface area contributed by atoms with Crippen molar-refractivity contribution in [3.8, 4) is 0 Å². The van der Waals surface area contributed by atoms with Gasteiger partial charge in [-0.15, -0.1) is 0 Å². The molecule has 1 N–H and O–H groups in total. The van der Waals surface area contributed by atoms with Gasteiger partial charge in [0, 0.05) is 36.4 Å². The molecule has 0 bridgehead atoms. The summed E-state index contributed by atoms with van der Waals surface area (Å²) in [6, 6.07) is 0.591. The highest BCUT2D eigenvalue weighted by Crippen LogP contribution is 2.22. The number of hydrogen-bond donors (Lipinski definition) is 1. The van der Waals surface area contributed by atoms with Gasteiger partial charge in [-0.1, -0.05) is 13.3 Å². The summed E-state index contributed by atoms with van der Waals surface area (Å²) >= 11 is 1.77. The van der Waals surface area contributed by atoms with Gasteiger partial charge in [0.1, 0.15) is 5.37 Å². The highest BCUT2D eigenvalue weighted by Gasteiger charge is 2.32. The molecule has 6 heteroatoms. The van der Waals surface area contributed by atoms with E-state index in [4.69, 9.17) is 0 Å². The largest absolute Gasteiger partial charge is 0.314 e. The van der Waals surface area contributed by atoms with Gasteiger partial charge in [0.05, 0.1) is 0 Å². The molecule has 4 nitrogen and oxygen atoms in total. The van der Waals surface area contributed by atoms with E-state index in [1.807, 2.05) is 0 Å². The summed E-state index contributed by atoms with van der Waals surface area (Å²) in [5.74, 6) is 2.07. The molecular formula is C13H26N2O2S2. The number of nitrogens with zero attached hydrogens (tertiary/aromatic N) is 1. The fourth-order valence-corrected chi connectivity index (χ4v) is 6.00. The maximum absolute atomic E-state index is 12.1. The first kappa shape index (κ1) is 15.6. The van der Waals surface area contributed by atoms with Gasteiger partial charge in [-0.3, -0.25) is 4.90 Å². The number of nitrogens with one attached hydrogen (secondary N) is 1. The van der Waals surface area contributed by atoms with Crippen molar-refractivity contribution in [1.29, 1.82) is 0 Å². The number of sulfone groups is 1. The zero-order valence-electron chi connectivity index (χ0n) is 11.8. The molecule has 112 valence electrons. The molecule has 0 aliphatic carbocycles. The standard InChI is InChI=1S/C13H26N2O2S2/c1-2-19(16,17)13-11-18-10-9-15(13)8-6-12-5-3-4-7-14-12/h12-14H,2-11H2,1H3. The number of rotatable bonds is 5. The summed E-state index contributed by atoms with van der Waals surface area (Å²) in [5.41, 5.74) is 0. The number of thioether (sulfide) groups is 1. The van der Waals surface area contributed by atoms with E-state index in [1.165, 1.54) is 19.3 Å². The van der Waals surface area contributed by atoms with Crippen molar-refractivity contribution < 1.29 is 8.42 Å². The molecule has 0 aromatic carbocycles. The van der Waals surface area contributed by atoms with Crippen molar-refractivity contribution in [3.05, 3.63) is 0 Å². The smallest absolute Gasteiger partial charge is 0.166 e. The predicted molar refractivity (Wildman–Crippen MR) is 82.4 cm³/mol. The second kappa shape index (κ2) is 7.29. The normalized spacial score (nSPS) is 30.4. The van der Waals surface area contributed by atoms with Crippen LogP contribution < -0.4 is 5.32 Å². The summed E-state index contributed by atoms with van der Waals surface area (Å²) in [4.78, 5) is 2.20. The van der Waals surface area contributed by atoms with Gasteiger partial charge < -0.3 is 5.32 Å². The van der Waals surface area contributed by atoms with E-state index in [-0.39, 0.29) is 11.1 Å². The third kappa shape index (κ3) is 4.34. The van der Waals surface area contributed by atoms with E-state index in [0.29, 0.717) is 6.04 Å². The lowest BCUT2D eigenvalue weighted by molar-refractivity contribution is 0.243. The van der Waals surface area contributed by atoms with Gasteiger partial charge in [-0.25, -0.2) is 8.42 Å². The zero-order chi connectivity index (χ0) is 13.7. The van der Waals surface area contributed by atoms with Gasteiger partial charge >= 0.3 is 0 Å². The fraction of sp³-hybridized carbons (Fsp3) is 1.00. The molecule has 2 fully saturated rings. The molecule has 0 spiro atoms. The maximum Gasteiger partial charge on any atom is 0.166 e. The summed E-state index contributed by atoms with van der Waals surface area (Å²) in [5, 5.41) is 3.29. The molecule has 2 aliphatic heterocycles. The van der Waals surface area contributed by atoms with Crippen LogP contribution in [0.15, 0.2) is 0 Å². The molecule has 0 radical (unpaired) electrons. The van der Waals surface area contributed by atoms with Crippen molar-refractivity contribution in [2.24, 2.45) is 0 Å². The fourth-order valence-electron chi connectivity index (χ4n) is 2.89. The van der Waals surface area contributed by atoms with Crippen LogP contribution in [0, 0.1) is 0 Å².